The molecule has 0 bridgehead atoms. The van der Waals surface area contributed by atoms with Gasteiger partial charge in [0, 0.05) is 26.1 Å². The van der Waals surface area contributed by atoms with Gasteiger partial charge in [-0.1, -0.05) is 6.92 Å². The molecule has 0 aromatic rings. The first-order valence-corrected chi connectivity index (χ1v) is 5.03. The van der Waals surface area contributed by atoms with E-state index in [0.29, 0.717) is 19.4 Å². The maximum atomic E-state index is 12.4. The number of alkyl halides is 3. The normalized spacial score (nSPS) is 22.9. The Morgan fingerprint density at radius 3 is 2.73 bits per heavy atom. The van der Waals surface area contributed by atoms with Crippen LogP contribution in [0.2, 0.25) is 0 Å². The lowest BCUT2D eigenvalue weighted by Gasteiger charge is -2.34. The SMILES string of the molecule is CCCC(=O)N1CCNC(C(F)(F)F)C1. The first-order valence-electron chi connectivity index (χ1n) is 5.03. The lowest BCUT2D eigenvalue weighted by Crippen LogP contribution is -2.58. The zero-order chi connectivity index (χ0) is 11.5. The van der Waals surface area contributed by atoms with Crippen molar-refractivity contribution in [2.24, 2.45) is 0 Å². The number of hydrogen-bond acceptors (Lipinski definition) is 2. The standard InChI is InChI=1S/C9H15F3N2O/c1-2-3-8(15)14-5-4-13-7(6-14)9(10,11)12/h7,13H,2-6H2,1H3. The van der Waals surface area contributed by atoms with Gasteiger partial charge in [-0.05, 0) is 6.42 Å². The fraction of sp³-hybridized carbons (Fsp3) is 0.889. The predicted octanol–water partition coefficient (Wildman–Crippen LogP) is 1.15. The Morgan fingerprint density at radius 1 is 1.53 bits per heavy atom. The lowest BCUT2D eigenvalue weighted by molar-refractivity contribution is -0.168. The molecule has 15 heavy (non-hydrogen) atoms. The van der Waals surface area contributed by atoms with Crippen LogP contribution in [0.15, 0.2) is 0 Å². The van der Waals surface area contributed by atoms with Crippen LogP contribution in [0.1, 0.15) is 19.8 Å². The lowest BCUT2D eigenvalue weighted by atomic mass is 10.2. The van der Waals surface area contributed by atoms with Gasteiger partial charge in [-0.3, -0.25) is 4.79 Å². The van der Waals surface area contributed by atoms with E-state index in [2.05, 4.69) is 5.32 Å². The van der Waals surface area contributed by atoms with Crippen molar-refractivity contribution in [1.29, 1.82) is 0 Å². The van der Waals surface area contributed by atoms with Gasteiger partial charge >= 0.3 is 6.18 Å². The highest BCUT2D eigenvalue weighted by Crippen LogP contribution is 2.22. The van der Waals surface area contributed by atoms with E-state index in [-0.39, 0.29) is 19.0 Å². The summed E-state index contributed by atoms with van der Waals surface area (Å²) in [6, 6.07) is -1.58. The third-order valence-corrected chi connectivity index (χ3v) is 2.39. The van der Waals surface area contributed by atoms with E-state index in [9.17, 15) is 18.0 Å². The Hall–Kier alpha value is -0.780. The molecular weight excluding hydrogens is 209 g/mol. The van der Waals surface area contributed by atoms with Crippen molar-refractivity contribution in [1.82, 2.24) is 10.2 Å². The Bertz CT molecular complexity index is 230. The monoisotopic (exact) mass is 224 g/mol. The van der Waals surface area contributed by atoms with Crippen molar-refractivity contribution in [3.8, 4) is 0 Å². The van der Waals surface area contributed by atoms with Crippen LogP contribution >= 0.6 is 0 Å². The molecular formula is C9H15F3N2O. The van der Waals surface area contributed by atoms with Gasteiger partial charge in [-0.15, -0.1) is 0 Å². The molecule has 0 aromatic heterocycles. The minimum Gasteiger partial charge on any atom is -0.340 e. The molecule has 3 nitrogen and oxygen atoms in total. The van der Waals surface area contributed by atoms with E-state index in [1.165, 1.54) is 4.90 Å². The molecule has 88 valence electrons. The number of piperazine rings is 1. The largest absolute Gasteiger partial charge is 0.405 e. The van der Waals surface area contributed by atoms with Crippen molar-refractivity contribution < 1.29 is 18.0 Å². The number of hydrogen-bond donors (Lipinski definition) is 1. The van der Waals surface area contributed by atoms with E-state index in [1.54, 1.807) is 0 Å². The third kappa shape index (κ3) is 3.37. The quantitative estimate of drug-likeness (QED) is 0.763. The van der Waals surface area contributed by atoms with Crippen LogP contribution in [0, 0.1) is 0 Å². The van der Waals surface area contributed by atoms with Crippen molar-refractivity contribution in [3.05, 3.63) is 0 Å². The summed E-state index contributed by atoms with van der Waals surface area (Å²) in [5, 5.41) is 2.37. The summed E-state index contributed by atoms with van der Waals surface area (Å²) >= 11 is 0. The number of nitrogens with zero attached hydrogens (tertiary/aromatic N) is 1. The molecule has 1 aliphatic rings. The molecule has 1 fully saturated rings. The van der Waals surface area contributed by atoms with Crippen LogP contribution in [-0.2, 0) is 4.79 Å². The average Bonchev–Trinajstić information content (AvgIpc) is 2.17. The molecule has 1 saturated heterocycles. The van der Waals surface area contributed by atoms with E-state index < -0.39 is 12.2 Å². The molecule has 0 saturated carbocycles. The summed E-state index contributed by atoms with van der Waals surface area (Å²) in [5.74, 6) is -0.187. The molecule has 1 aliphatic heterocycles. The molecule has 0 spiro atoms. The number of rotatable bonds is 2. The molecule has 1 amide bonds. The summed E-state index contributed by atoms with van der Waals surface area (Å²) in [5.41, 5.74) is 0. The molecule has 0 radical (unpaired) electrons. The van der Waals surface area contributed by atoms with Gasteiger partial charge in [0.15, 0.2) is 0 Å². The maximum absolute atomic E-state index is 12.4. The van der Waals surface area contributed by atoms with E-state index in [0.717, 1.165) is 0 Å². The highest BCUT2D eigenvalue weighted by molar-refractivity contribution is 5.76. The Labute approximate surface area is 86.6 Å². The van der Waals surface area contributed by atoms with Gasteiger partial charge in [0.1, 0.15) is 6.04 Å². The molecule has 1 rings (SSSR count). The number of nitrogens with one attached hydrogen (secondary N) is 1. The zero-order valence-electron chi connectivity index (χ0n) is 8.60. The summed E-state index contributed by atoms with van der Waals surface area (Å²) < 4.78 is 37.1. The second-order valence-corrected chi connectivity index (χ2v) is 3.64. The second kappa shape index (κ2) is 4.83. The van der Waals surface area contributed by atoms with Gasteiger partial charge in [0.05, 0.1) is 0 Å². The van der Waals surface area contributed by atoms with Gasteiger partial charge in [-0.2, -0.15) is 13.2 Å². The topological polar surface area (TPSA) is 32.3 Å². The molecule has 1 heterocycles. The third-order valence-electron chi connectivity index (χ3n) is 2.39. The van der Waals surface area contributed by atoms with E-state index in [1.807, 2.05) is 6.92 Å². The summed E-state index contributed by atoms with van der Waals surface area (Å²) in [6.07, 6.45) is -3.28. The van der Waals surface area contributed by atoms with Crippen LogP contribution in [0.4, 0.5) is 13.2 Å². The van der Waals surface area contributed by atoms with Crippen molar-refractivity contribution in [3.63, 3.8) is 0 Å². The predicted molar refractivity (Wildman–Crippen MR) is 49.3 cm³/mol. The van der Waals surface area contributed by atoms with Crippen molar-refractivity contribution >= 4 is 5.91 Å². The molecule has 0 aliphatic carbocycles. The molecule has 1 unspecified atom stereocenters. The van der Waals surface area contributed by atoms with E-state index in [4.69, 9.17) is 0 Å². The molecule has 0 aromatic carbocycles. The van der Waals surface area contributed by atoms with Gasteiger partial charge in [0.2, 0.25) is 5.91 Å². The summed E-state index contributed by atoms with van der Waals surface area (Å²) in [4.78, 5) is 12.7. The Balaban J connectivity index is 2.52. The summed E-state index contributed by atoms with van der Waals surface area (Å²) in [6.45, 7) is 2.15. The smallest absolute Gasteiger partial charge is 0.340 e. The van der Waals surface area contributed by atoms with Gasteiger partial charge < -0.3 is 10.2 Å². The zero-order valence-corrected chi connectivity index (χ0v) is 8.60. The van der Waals surface area contributed by atoms with Crippen LogP contribution < -0.4 is 5.32 Å². The fourth-order valence-electron chi connectivity index (χ4n) is 1.57. The summed E-state index contributed by atoms with van der Waals surface area (Å²) in [7, 11) is 0. The maximum Gasteiger partial charge on any atom is 0.405 e. The number of halogens is 3. The second-order valence-electron chi connectivity index (χ2n) is 3.64. The minimum atomic E-state index is -4.27. The highest BCUT2D eigenvalue weighted by atomic mass is 19.4. The fourth-order valence-corrected chi connectivity index (χ4v) is 1.57. The molecule has 1 atom stereocenters. The van der Waals surface area contributed by atoms with Crippen molar-refractivity contribution in [2.45, 2.75) is 32.0 Å². The Morgan fingerprint density at radius 2 is 2.20 bits per heavy atom. The average molecular weight is 224 g/mol. The van der Waals surface area contributed by atoms with Gasteiger partial charge in [-0.25, -0.2) is 0 Å². The van der Waals surface area contributed by atoms with Crippen LogP contribution in [0.3, 0.4) is 0 Å². The number of carbonyl (C=O) groups excluding carboxylic acids is 1. The van der Waals surface area contributed by atoms with E-state index >= 15 is 0 Å². The first kappa shape index (κ1) is 12.3. The van der Waals surface area contributed by atoms with Crippen LogP contribution in [0.5, 0.6) is 0 Å². The van der Waals surface area contributed by atoms with Crippen LogP contribution in [-0.4, -0.2) is 42.7 Å². The molecule has 1 N–H and O–H groups in total. The van der Waals surface area contributed by atoms with Crippen molar-refractivity contribution in [2.75, 3.05) is 19.6 Å². The Kier molecular flexibility index (Phi) is 3.96. The van der Waals surface area contributed by atoms with Crippen LogP contribution in [0.25, 0.3) is 0 Å². The first-order chi connectivity index (χ1) is 6.95. The highest BCUT2D eigenvalue weighted by Gasteiger charge is 2.42. The minimum absolute atomic E-state index is 0.187. The number of amides is 1. The van der Waals surface area contributed by atoms with Gasteiger partial charge in [0.25, 0.3) is 0 Å². The molecule has 6 heteroatoms. The number of carbonyl (C=O) groups is 1.